The predicted molar refractivity (Wildman–Crippen MR) is 61.1 cm³/mol. The number of carbonyl (C=O) groups excluding carboxylic acids is 1. The summed E-state index contributed by atoms with van der Waals surface area (Å²) in [4.78, 5) is 15.7. The molecule has 4 heteroatoms. The Morgan fingerprint density at radius 3 is 3.00 bits per heavy atom. The first-order chi connectivity index (χ1) is 7.36. The number of thiophene rings is 1. The largest absolute Gasteiger partial charge is 0.357 e. The molecule has 15 heavy (non-hydrogen) atoms. The van der Waals surface area contributed by atoms with Gasteiger partial charge in [0, 0.05) is 17.6 Å². The highest BCUT2D eigenvalue weighted by atomic mass is 32.1. The summed E-state index contributed by atoms with van der Waals surface area (Å²) in [7, 11) is 0. The zero-order valence-corrected chi connectivity index (χ0v) is 9.01. The van der Waals surface area contributed by atoms with Gasteiger partial charge in [-0.3, -0.25) is 4.79 Å². The van der Waals surface area contributed by atoms with Gasteiger partial charge in [-0.15, -0.1) is 11.3 Å². The Kier molecular flexibility index (Phi) is 3.19. The van der Waals surface area contributed by atoms with Gasteiger partial charge in [-0.2, -0.15) is 0 Å². The zero-order chi connectivity index (χ0) is 10.5. The fraction of sp³-hybridized carbons (Fsp3) is 0.182. The third-order valence-electron chi connectivity index (χ3n) is 2.08. The van der Waals surface area contributed by atoms with Gasteiger partial charge in [-0.25, -0.2) is 0 Å². The molecule has 0 spiro atoms. The van der Waals surface area contributed by atoms with Crippen molar-refractivity contribution in [1.29, 1.82) is 0 Å². The second kappa shape index (κ2) is 4.79. The summed E-state index contributed by atoms with van der Waals surface area (Å²) in [5.41, 5.74) is 0.612. The molecule has 0 bridgehead atoms. The summed E-state index contributed by atoms with van der Waals surface area (Å²) in [6.45, 7) is 0.679. The van der Waals surface area contributed by atoms with E-state index in [1.165, 1.54) is 4.88 Å². The minimum absolute atomic E-state index is 0.0449. The highest BCUT2D eigenvalue weighted by molar-refractivity contribution is 7.09. The molecule has 0 saturated heterocycles. The van der Waals surface area contributed by atoms with Crippen molar-refractivity contribution < 1.29 is 4.79 Å². The molecule has 0 aliphatic carbocycles. The number of hydrogen-bond donors (Lipinski definition) is 2. The quantitative estimate of drug-likeness (QED) is 0.813. The first kappa shape index (κ1) is 9.98. The Morgan fingerprint density at radius 1 is 1.40 bits per heavy atom. The lowest BCUT2D eigenvalue weighted by atomic mass is 10.3. The Bertz CT molecular complexity index is 406. The molecule has 78 valence electrons. The molecule has 0 radical (unpaired) electrons. The van der Waals surface area contributed by atoms with E-state index < -0.39 is 0 Å². The van der Waals surface area contributed by atoms with Crippen LogP contribution in [0.25, 0.3) is 0 Å². The number of aromatic nitrogens is 1. The predicted octanol–water partition coefficient (Wildman–Crippen LogP) is 2.05. The summed E-state index contributed by atoms with van der Waals surface area (Å²) in [6, 6.07) is 7.67. The van der Waals surface area contributed by atoms with Crippen molar-refractivity contribution in [2.75, 3.05) is 6.54 Å². The molecule has 0 aliphatic rings. The van der Waals surface area contributed by atoms with E-state index in [1.54, 1.807) is 23.6 Å². The Hall–Kier alpha value is -1.55. The van der Waals surface area contributed by atoms with E-state index in [2.05, 4.69) is 16.4 Å². The Morgan fingerprint density at radius 2 is 2.33 bits per heavy atom. The summed E-state index contributed by atoms with van der Waals surface area (Å²) < 4.78 is 0. The number of nitrogens with one attached hydrogen (secondary N) is 2. The van der Waals surface area contributed by atoms with Gasteiger partial charge in [-0.1, -0.05) is 6.07 Å². The van der Waals surface area contributed by atoms with Crippen molar-refractivity contribution in [1.82, 2.24) is 10.3 Å². The molecule has 2 aromatic heterocycles. The second-order valence-corrected chi connectivity index (χ2v) is 4.20. The molecule has 3 nitrogen and oxygen atoms in total. The molecule has 0 aromatic carbocycles. The van der Waals surface area contributed by atoms with Crippen LogP contribution in [-0.4, -0.2) is 17.4 Å². The van der Waals surface area contributed by atoms with E-state index in [0.717, 1.165) is 6.42 Å². The van der Waals surface area contributed by atoms with E-state index in [4.69, 9.17) is 0 Å². The van der Waals surface area contributed by atoms with Crippen molar-refractivity contribution in [2.45, 2.75) is 6.42 Å². The van der Waals surface area contributed by atoms with E-state index >= 15 is 0 Å². The van der Waals surface area contributed by atoms with Crippen LogP contribution in [0.5, 0.6) is 0 Å². The number of aromatic amines is 1. The molecule has 2 N–H and O–H groups in total. The maximum absolute atomic E-state index is 11.5. The van der Waals surface area contributed by atoms with Gasteiger partial charge in [0.1, 0.15) is 5.69 Å². The summed E-state index contributed by atoms with van der Waals surface area (Å²) in [6.07, 6.45) is 2.64. The molecule has 0 fully saturated rings. The van der Waals surface area contributed by atoms with Crippen LogP contribution in [0.4, 0.5) is 0 Å². The number of amides is 1. The average Bonchev–Trinajstić information content (AvgIpc) is 2.90. The molecule has 2 aromatic rings. The molecule has 0 atom stereocenters. The Balaban J connectivity index is 1.77. The van der Waals surface area contributed by atoms with Crippen LogP contribution in [0.2, 0.25) is 0 Å². The van der Waals surface area contributed by atoms with Gasteiger partial charge < -0.3 is 10.3 Å². The van der Waals surface area contributed by atoms with Crippen LogP contribution >= 0.6 is 11.3 Å². The van der Waals surface area contributed by atoms with Crippen LogP contribution < -0.4 is 5.32 Å². The maximum Gasteiger partial charge on any atom is 0.267 e. The van der Waals surface area contributed by atoms with E-state index in [1.807, 2.05) is 17.5 Å². The molecule has 2 heterocycles. The third kappa shape index (κ3) is 2.70. The highest BCUT2D eigenvalue weighted by Crippen LogP contribution is 2.08. The van der Waals surface area contributed by atoms with Gasteiger partial charge in [-0.05, 0) is 30.0 Å². The smallest absolute Gasteiger partial charge is 0.267 e. The van der Waals surface area contributed by atoms with E-state index in [9.17, 15) is 4.79 Å². The minimum atomic E-state index is -0.0449. The highest BCUT2D eigenvalue weighted by Gasteiger charge is 2.04. The summed E-state index contributed by atoms with van der Waals surface area (Å²) in [5.74, 6) is -0.0449. The van der Waals surface area contributed by atoms with E-state index in [0.29, 0.717) is 12.2 Å². The second-order valence-electron chi connectivity index (χ2n) is 3.17. The van der Waals surface area contributed by atoms with Crippen LogP contribution in [0, 0.1) is 0 Å². The molecule has 1 amide bonds. The number of carbonyl (C=O) groups is 1. The summed E-state index contributed by atoms with van der Waals surface area (Å²) >= 11 is 1.71. The summed E-state index contributed by atoms with van der Waals surface area (Å²) in [5, 5.41) is 4.90. The lowest BCUT2D eigenvalue weighted by Crippen LogP contribution is -2.25. The van der Waals surface area contributed by atoms with Gasteiger partial charge >= 0.3 is 0 Å². The molecular formula is C11H12N2OS. The van der Waals surface area contributed by atoms with Crippen molar-refractivity contribution in [3.8, 4) is 0 Å². The average molecular weight is 220 g/mol. The van der Waals surface area contributed by atoms with Gasteiger partial charge in [0.05, 0.1) is 0 Å². The Labute approximate surface area is 92.1 Å². The monoisotopic (exact) mass is 220 g/mol. The normalized spacial score (nSPS) is 10.1. The van der Waals surface area contributed by atoms with Gasteiger partial charge in [0.15, 0.2) is 0 Å². The number of H-pyrrole nitrogens is 1. The molecule has 0 unspecified atom stereocenters. The standard InChI is InChI=1S/C11H12N2OS/c14-11(10-4-1-6-12-10)13-7-5-9-3-2-8-15-9/h1-4,6,8,12H,5,7H2,(H,13,14). The van der Waals surface area contributed by atoms with Crippen LogP contribution in [0.3, 0.4) is 0 Å². The molecular weight excluding hydrogens is 208 g/mol. The molecule has 0 saturated carbocycles. The van der Waals surface area contributed by atoms with Crippen LogP contribution in [-0.2, 0) is 6.42 Å². The fourth-order valence-electron chi connectivity index (χ4n) is 1.32. The van der Waals surface area contributed by atoms with Crippen LogP contribution in [0.1, 0.15) is 15.4 Å². The maximum atomic E-state index is 11.5. The molecule has 2 rings (SSSR count). The van der Waals surface area contributed by atoms with Gasteiger partial charge in [0.2, 0.25) is 0 Å². The fourth-order valence-corrected chi connectivity index (χ4v) is 2.03. The van der Waals surface area contributed by atoms with Crippen molar-refractivity contribution in [3.05, 3.63) is 46.4 Å². The lowest BCUT2D eigenvalue weighted by Gasteiger charge is -2.01. The number of rotatable bonds is 4. The lowest BCUT2D eigenvalue weighted by molar-refractivity contribution is 0.0950. The zero-order valence-electron chi connectivity index (χ0n) is 8.19. The SMILES string of the molecule is O=C(NCCc1cccs1)c1ccc[nH]1. The van der Waals surface area contributed by atoms with Crippen molar-refractivity contribution in [2.24, 2.45) is 0 Å². The first-order valence-corrected chi connectivity index (χ1v) is 5.68. The van der Waals surface area contributed by atoms with Crippen LogP contribution in [0.15, 0.2) is 35.8 Å². The van der Waals surface area contributed by atoms with Gasteiger partial charge in [0.25, 0.3) is 5.91 Å². The van der Waals surface area contributed by atoms with E-state index in [-0.39, 0.29) is 5.91 Å². The topological polar surface area (TPSA) is 44.9 Å². The molecule has 0 aliphatic heterocycles. The van der Waals surface area contributed by atoms with Crippen molar-refractivity contribution in [3.63, 3.8) is 0 Å². The first-order valence-electron chi connectivity index (χ1n) is 4.80. The minimum Gasteiger partial charge on any atom is -0.357 e. The third-order valence-corrected chi connectivity index (χ3v) is 3.02. The van der Waals surface area contributed by atoms with Crippen molar-refractivity contribution >= 4 is 17.2 Å². The number of hydrogen-bond acceptors (Lipinski definition) is 2.